The van der Waals surface area contributed by atoms with Crippen LogP contribution >= 0.6 is 0 Å². The summed E-state index contributed by atoms with van der Waals surface area (Å²) in [6.45, 7) is 3.97. The fourth-order valence-corrected chi connectivity index (χ4v) is 0.951. The summed E-state index contributed by atoms with van der Waals surface area (Å²) < 4.78 is 0. The van der Waals surface area contributed by atoms with Gasteiger partial charge in [0.15, 0.2) is 0 Å². The van der Waals surface area contributed by atoms with E-state index in [1.807, 2.05) is 6.92 Å². The minimum Gasteiger partial charge on any atom is -0.492 e. The Balaban J connectivity index is 2.93. The Morgan fingerprint density at radius 3 is 2.91 bits per heavy atom. The van der Waals surface area contributed by atoms with E-state index in [9.17, 15) is 0 Å². The monoisotopic (exact) mass is 152 g/mol. The number of aromatic nitrogens is 2. The molecule has 0 atom stereocenters. The number of hydrogen-bond acceptors (Lipinski definition) is 3. The Morgan fingerprint density at radius 2 is 2.27 bits per heavy atom. The molecule has 0 radical (unpaired) electrons. The van der Waals surface area contributed by atoms with E-state index < -0.39 is 0 Å². The fraction of sp³-hybridized carbons (Fsp3) is 0.500. The normalized spacial score (nSPS) is 10.0. The fourth-order valence-electron chi connectivity index (χ4n) is 0.951. The molecule has 1 heterocycles. The zero-order chi connectivity index (χ0) is 8.27. The van der Waals surface area contributed by atoms with Crippen molar-refractivity contribution < 1.29 is 5.11 Å². The van der Waals surface area contributed by atoms with Crippen molar-refractivity contribution in [2.75, 3.05) is 0 Å². The first-order chi connectivity index (χ1) is 5.24. The van der Waals surface area contributed by atoms with Crippen LogP contribution in [0.2, 0.25) is 0 Å². The summed E-state index contributed by atoms with van der Waals surface area (Å²) in [5.74, 6) is 0.0130. The molecule has 0 aliphatic heterocycles. The van der Waals surface area contributed by atoms with E-state index in [0.29, 0.717) is 0 Å². The van der Waals surface area contributed by atoms with Gasteiger partial charge in [0.25, 0.3) is 0 Å². The molecule has 0 aliphatic rings. The molecule has 0 saturated carbocycles. The van der Waals surface area contributed by atoms with E-state index in [1.54, 1.807) is 0 Å². The average molecular weight is 152 g/mol. The topological polar surface area (TPSA) is 46.0 Å². The second-order valence-corrected chi connectivity index (χ2v) is 2.51. The Hall–Kier alpha value is -1.12. The molecule has 0 aromatic carbocycles. The molecule has 0 bridgehead atoms. The molecule has 0 spiro atoms. The SMILES string of the molecule is CCCc1nc(O)cnc1C. The van der Waals surface area contributed by atoms with Gasteiger partial charge >= 0.3 is 0 Å². The van der Waals surface area contributed by atoms with Crippen LogP contribution in [0.4, 0.5) is 0 Å². The third kappa shape index (κ3) is 1.90. The van der Waals surface area contributed by atoms with Crippen molar-refractivity contribution in [1.29, 1.82) is 0 Å². The summed E-state index contributed by atoms with van der Waals surface area (Å²) >= 11 is 0. The van der Waals surface area contributed by atoms with Crippen LogP contribution in [0.1, 0.15) is 24.7 Å². The van der Waals surface area contributed by atoms with Gasteiger partial charge in [0.2, 0.25) is 5.88 Å². The molecule has 11 heavy (non-hydrogen) atoms. The van der Waals surface area contributed by atoms with Gasteiger partial charge in [-0.05, 0) is 13.3 Å². The zero-order valence-corrected chi connectivity index (χ0v) is 6.83. The average Bonchev–Trinajstić information content (AvgIpc) is 1.98. The summed E-state index contributed by atoms with van der Waals surface area (Å²) in [5.41, 5.74) is 1.80. The third-order valence-corrected chi connectivity index (χ3v) is 1.53. The van der Waals surface area contributed by atoms with E-state index in [2.05, 4.69) is 16.9 Å². The summed E-state index contributed by atoms with van der Waals surface area (Å²) in [7, 11) is 0. The van der Waals surface area contributed by atoms with Crippen LogP contribution in [0.25, 0.3) is 0 Å². The van der Waals surface area contributed by atoms with Gasteiger partial charge in [0, 0.05) is 0 Å². The molecule has 0 saturated heterocycles. The Morgan fingerprint density at radius 1 is 1.55 bits per heavy atom. The first kappa shape index (κ1) is 7.98. The molecule has 60 valence electrons. The molecule has 1 rings (SSSR count). The highest BCUT2D eigenvalue weighted by Crippen LogP contribution is 2.08. The molecule has 1 aromatic rings. The molecule has 1 aromatic heterocycles. The first-order valence-corrected chi connectivity index (χ1v) is 3.75. The van der Waals surface area contributed by atoms with Crippen LogP contribution in [-0.4, -0.2) is 15.1 Å². The first-order valence-electron chi connectivity index (χ1n) is 3.75. The van der Waals surface area contributed by atoms with Crippen molar-refractivity contribution >= 4 is 0 Å². The van der Waals surface area contributed by atoms with E-state index >= 15 is 0 Å². The van der Waals surface area contributed by atoms with Gasteiger partial charge in [-0.15, -0.1) is 0 Å². The minimum absolute atomic E-state index is 0.0130. The quantitative estimate of drug-likeness (QED) is 0.697. The molecular weight excluding hydrogens is 140 g/mol. The van der Waals surface area contributed by atoms with Crippen molar-refractivity contribution in [1.82, 2.24) is 9.97 Å². The molecule has 0 aliphatic carbocycles. The maximum Gasteiger partial charge on any atom is 0.230 e. The number of nitrogens with zero attached hydrogens (tertiary/aromatic N) is 2. The molecule has 3 nitrogen and oxygen atoms in total. The smallest absolute Gasteiger partial charge is 0.230 e. The molecular formula is C8H12N2O. The third-order valence-electron chi connectivity index (χ3n) is 1.53. The lowest BCUT2D eigenvalue weighted by Gasteiger charge is -2.01. The van der Waals surface area contributed by atoms with Gasteiger partial charge in [-0.25, -0.2) is 4.98 Å². The van der Waals surface area contributed by atoms with Crippen molar-refractivity contribution in [3.8, 4) is 5.88 Å². The maximum absolute atomic E-state index is 8.99. The van der Waals surface area contributed by atoms with Crippen LogP contribution in [0.5, 0.6) is 5.88 Å². The van der Waals surface area contributed by atoms with Crippen molar-refractivity contribution in [2.45, 2.75) is 26.7 Å². The highest BCUT2D eigenvalue weighted by atomic mass is 16.3. The number of aromatic hydroxyl groups is 1. The maximum atomic E-state index is 8.99. The predicted molar refractivity (Wildman–Crippen MR) is 42.4 cm³/mol. The van der Waals surface area contributed by atoms with Gasteiger partial charge in [-0.1, -0.05) is 13.3 Å². The number of aryl methyl sites for hydroxylation is 2. The molecule has 0 unspecified atom stereocenters. The van der Waals surface area contributed by atoms with Gasteiger partial charge in [-0.3, -0.25) is 4.98 Å². The van der Waals surface area contributed by atoms with Crippen LogP contribution in [0.15, 0.2) is 6.20 Å². The van der Waals surface area contributed by atoms with Crippen molar-refractivity contribution in [2.24, 2.45) is 0 Å². The number of rotatable bonds is 2. The summed E-state index contributed by atoms with van der Waals surface area (Å²) in [6.07, 6.45) is 3.28. The standard InChI is InChI=1S/C8H12N2O/c1-3-4-7-6(2)9-5-8(11)10-7/h5H,3-4H2,1-2H3,(H,10,11). The lowest BCUT2D eigenvalue weighted by atomic mass is 10.2. The zero-order valence-electron chi connectivity index (χ0n) is 6.83. The Bertz CT molecular complexity index is 248. The second-order valence-electron chi connectivity index (χ2n) is 2.51. The van der Waals surface area contributed by atoms with E-state index in [-0.39, 0.29) is 5.88 Å². The van der Waals surface area contributed by atoms with E-state index in [4.69, 9.17) is 5.11 Å². The van der Waals surface area contributed by atoms with E-state index in [0.717, 1.165) is 24.2 Å². The van der Waals surface area contributed by atoms with Crippen molar-refractivity contribution in [3.05, 3.63) is 17.6 Å². The van der Waals surface area contributed by atoms with Crippen molar-refractivity contribution in [3.63, 3.8) is 0 Å². The van der Waals surface area contributed by atoms with Crippen LogP contribution in [0.3, 0.4) is 0 Å². The van der Waals surface area contributed by atoms with Gasteiger partial charge in [0.1, 0.15) is 0 Å². The van der Waals surface area contributed by atoms with Gasteiger partial charge in [-0.2, -0.15) is 0 Å². The van der Waals surface area contributed by atoms with Gasteiger partial charge in [0.05, 0.1) is 17.6 Å². The highest BCUT2D eigenvalue weighted by Gasteiger charge is 2.00. The van der Waals surface area contributed by atoms with Crippen LogP contribution in [-0.2, 0) is 6.42 Å². The summed E-state index contributed by atoms with van der Waals surface area (Å²) in [4.78, 5) is 7.94. The molecule has 1 N–H and O–H groups in total. The lowest BCUT2D eigenvalue weighted by Crippen LogP contribution is -1.95. The Kier molecular flexibility index (Phi) is 2.41. The summed E-state index contributed by atoms with van der Waals surface area (Å²) in [5, 5.41) is 8.99. The van der Waals surface area contributed by atoms with E-state index in [1.165, 1.54) is 6.20 Å². The van der Waals surface area contributed by atoms with Crippen LogP contribution < -0.4 is 0 Å². The van der Waals surface area contributed by atoms with Crippen LogP contribution in [0, 0.1) is 6.92 Å². The Labute approximate surface area is 66.1 Å². The lowest BCUT2D eigenvalue weighted by molar-refractivity contribution is 0.446. The number of hydrogen-bond donors (Lipinski definition) is 1. The minimum atomic E-state index is 0.0130. The second kappa shape index (κ2) is 3.32. The summed E-state index contributed by atoms with van der Waals surface area (Å²) in [6, 6.07) is 0. The highest BCUT2D eigenvalue weighted by molar-refractivity contribution is 5.14. The molecule has 0 fully saturated rings. The predicted octanol–water partition coefficient (Wildman–Crippen LogP) is 1.44. The molecule has 0 amide bonds. The van der Waals surface area contributed by atoms with Gasteiger partial charge < -0.3 is 5.11 Å². The largest absolute Gasteiger partial charge is 0.492 e. The molecule has 3 heteroatoms.